The molecule has 0 rings (SSSR count). The highest BCUT2D eigenvalue weighted by atomic mass is 16.5. The number of allylic oxidation sites excluding steroid dienone is 5. The third-order valence-electron chi connectivity index (χ3n) is 3.06. The predicted molar refractivity (Wildman–Crippen MR) is 86.7 cm³/mol. The Labute approximate surface area is 124 Å². The highest BCUT2D eigenvalue weighted by molar-refractivity contribution is 5.65. The van der Waals surface area contributed by atoms with Crippen molar-refractivity contribution in [3.8, 4) is 0 Å². The summed E-state index contributed by atoms with van der Waals surface area (Å²) >= 11 is 0. The molecule has 0 atom stereocenters. The third-order valence-corrected chi connectivity index (χ3v) is 3.06. The molecule has 2 nitrogen and oxygen atoms in total. The highest BCUT2D eigenvalue weighted by Crippen LogP contribution is 2.10. The Morgan fingerprint density at radius 3 is 2.10 bits per heavy atom. The van der Waals surface area contributed by atoms with Gasteiger partial charge in [0.25, 0.3) is 0 Å². The fraction of sp³-hybridized carbons (Fsp3) is 0.611. The second-order valence-corrected chi connectivity index (χ2v) is 5.01. The molecule has 0 aliphatic carbocycles. The molecule has 0 aliphatic rings. The minimum Gasteiger partial charge on any atom is -0.466 e. The van der Waals surface area contributed by atoms with Crippen LogP contribution >= 0.6 is 0 Å². The second kappa shape index (κ2) is 15.7. The van der Waals surface area contributed by atoms with Crippen molar-refractivity contribution in [1.82, 2.24) is 0 Å². The van der Waals surface area contributed by atoms with Gasteiger partial charge in [-0.25, -0.2) is 0 Å². The Bertz CT molecular complexity index is 290. The summed E-state index contributed by atoms with van der Waals surface area (Å²) in [6.45, 7) is 5.67. The molecular formula is C18H30O2. The standard InChI is InChI=1S/C18H30O2/c1-3-4-5-6-7-8-9-10-11-12-13-14-15-16-17-20-18(2)19/h3-7H,1,8-17H2,2H3/b5-4-,7-6+. The number of ether oxygens (including phenoxy) is 1. The lowest BCUT2D eigenvalue weighted by atomic mass is 10.1. The van der Waals surface area contributed by atoms with E-state index in [0.717, 1.165) is 6.42 Å². The molecule has 20 heavy (non-hydrogen) atoms. The molecule has 0 saturated carbocycles. The van der Waals surface area contributed by atoms with Crippen LogP contribution in [0.2, 0.25) is 0 Å². The predicted octanol–water partition coefficient (Wildman–Crippen LogP) is 5.36. The van der Waals surface area contributed by atoms with E-state index in [1.165, 1.54) is 58.3 Å². The van der Waals surface area contributed by atoms with Crippen molar-refractivity contribution in [1.29, 1.82) is 0 Å². The molecule has 0 radical (unpaired) electrons. The molecule has 0 fully saturated rings. The molecule has 0 spiro atoms. The maximum atomic E-state index is 10.5. The fourth-order valence-corrected chi connectivity index (χ4v) is 1.96. The Kier molecular flexibility index (Phi) is 14.7. The maximum Gasteiger partial charge on any atom is 0.302 e. The monoisotopic (exact) mass is 278 g/mol. The number of carbonyl (C=O) groups excluding carboxylic acids is 1. The van der Waals surface area contributed by atoms with Gasteiger partial charge in [0.05, 0.1) is 6.61 Å². The Balaban J connectivity index is 3.09. The summed E-state index contributed by atoms with van der Waals surface area (Å²) < 4.78 is 4.89. The molecule has 0 aromatic heterocycles. The number of carbonyl (C=O) groups is 1. The van der Waals surface area contributed by atoms with Crippen LogP contribution in [0.4, 0.5) is 0 Å². The van der Waals surface area contributed by atoms with Crippen LogP contribution in [0.5, 0.6) is 0 Å². The summed E-state index contributed by atoms with van der Waals surface area (Å²) in [5, 5.41) is 0. The number of hydrogen-bond donors (Lipinski definition) is 0. The lowest BCUT2D eigenvalue weighted by Gasteiger charge is -2.02. The summed E-state index contributed by atoms with van der Waals surface area (Å²) in [5.74, 6) is -0.168. The molecule has 0 aromatic carbocycles. The van der Waals surface area contributed by atoms with Crippen LogP contribution in [0.15, 0.2) is 37.0 Å². The van der Waals surface area contributed by atoms with Crippen LogP contribution in [-0.2, 0) is 9.53 Å². The molecule has 0 amide bonds. The average Bonchev–Trinajstić information content (AvgIpc) is 2.43. The molecule has 2 heteroatoms. The molecule has 0 unspecified atom stereocenters. The minimum absolute atomic E-state index is 0.168. The van der Waals surface area contributed by atoms with Crippen molar-refractivity contribution in [2.24, 2.45) is 0 Å². The van der Waals surface area contributed by atoms with Crippen LogP contribution in [0.25, 0.3) is 0 Å². The molecule has 0 saturated heterocycles. The van der Waals surface area contributed by atoms with Crippen molar-refractivity contribution in [3.05, 3.63) is 37.0 Å². The second-order valence-electron chi connectivity index (χ2n) is 5.01. The minimum atomic E-state index is -0.168. The van der Waals surface area contributed by atoms with Gasteiger partial charge in [-0.3, -0.25) is 4.79 Å². The van der Waals surface area contributed by atoms with Crippen molar-refractivity contribution in [3.63, 3.8) is 0 Å². The summed E-state index contributed by atoms with van der Waals surface area (Å²) in [6, 6.07) is 0. The first-order valence-electron chi connectivity index (χ1n) is 7.85. The van der Waals surface area contributed by atoms with E-state index >= 15 is 0 Å². The highest BCUT2D eigenvalue weighted by Gasteiger charge is 1.94. The van der Waals surface area contributed by atoms with E-state index in [9.17, 15) is 4.79 Å². The molecule has 0 aromatic rings. The first-order valence-corrected chi connectivity index (χ1v) is 7.85. The largest absolute Gasteiger partial charge is 0.466 e. The first kappa shape index (κ1) is 18.7. The molecule has 114 valence electrons. The summed E-state index contributed by atoms with van der Waals surface area (Å²) in [6.07, 6.45) is 21.2. The molecule has 0 heterocycles. The first-order chi connectivity index (χ1) is 9.77. The number of rotatable bonds is 13. The van der Waals surface area contributed by atoms with Gasteiger partial charge in [0.15, 0.2) is 0 Å². The molecule has 0 N–H and O–H groups in total. The van der Waals surface area contributed by atoms with Crippen LogP contribution in [0, 0.1) is 0 Å². The summed E-state index contributed by atoms with van der Waals surface area (Å²) in [4.78, 5) is 10.5. The van der Waals surface area contributed by atoms with Crippen molar-refractivity contribution in [2.75, 3.05) is 6.61 Å². The van der Waals surface area contributed by atoms with Crippen molar-refractivity contribution in [2.45, 2.75) is 64.7 Å². The lowest BCUT2D eigenvalue weighted by molar-refractivity contribution is -0.141. The van der Waals surface area contributed by atoms with E-state index in [1.54, 1.807) is 6.08 Å². The van der Waals surface area contributed by atoms with E-state index < -0.39 is 0 Å². The lowest BCUT2D eigenvalue weighted by Crippen LogP contribution is -2.00. The van der Waals surface area contributed by atoms with Gasteiger partial charge in [0.1, 0.15) is 0 Å². The Morgan fingerprint density at radius 1 is 0.900 bits per heavy atom. The van der Waals surface area contributed by atoms with Crippen molar-refractivity contribution < 1.29 is 9.53 Å². The maximum absolute atomic E-state index is 10.5. The van der Waals surface area contributed by atoms with Gasteiger partial charge in [-0.1, -0.05) is 75.5 Å². The molecule has 0 aliphatic heterocycles. The van der Waals surface area contributed by atoms with Crippen LogP contribution in [0.3, 0.4) is 0 Å². The Hall–Kier alpha value is -1.31. The van der Waals surface area contributed by atoms with E-state index in [-0.39, 0.29) is 5.97 Å². The summed E-state index contributed by atoms with van der Waals surface area (Å²) in [5.41, 5.74) is 0. The fourth-order valence-electron chi connectivity index (χ4n) is 1.96. The molecular weight excluding hydrogens is 248 g/mol. The van der Waals surface area contributed by atoms with E-state index in [2.05, 4.69) is 18.7 Å². The molecule has 0 bridgehead atoms. The smallest absolute Gasteiger partial charge is 0.302 e. The van der Waals surface area contributed by atoms with Crippen LogP contribution in [0.1, 0.15) is 64.7 Å². The summed E-state index contributed by atoms with van der Waals surface area (Å²) in [7, 11) is 0. The van der Waals surface area contributed by atoms with Gasteiger partial charge >= 0.3 is 5.97 Å². The number of esters is 1. The van der Waals surface area contributed by atoms with Gasteiger partial charge in [0.2, 0.25) is 0 Å². The van der Waals surface area contributed by atoms with Gasteiger partial charge in [-0.05, 0) is 19.3 Å². The third kappa shape index (κ3) is 16.7. The quantitative estimate of drug-likeness (QED) is 0.257. The van der Waals surface area contributed by atoms with Gasteiger partial charge < -0.3 is 4.74 Å². The van der Waals surface area contributed by atoms with Crippen LogP contribution < -0.4 is 0 Å². The SMILES string of the molecule is C=C/C=C\C=C\CCCCCCCCCCOC(C)=O. The van der Waals surface area contributed by atoms with Crippen LogP contribution in [-0.4, -0.2) is 12.6 Å². The normalized spacial score (nSPS) is 11.2. The van der Waals surface area contributed by atoms with E-state index in [0.29, 0.717) is 6.61 Å². The average molecular weight is 278 g/mol. The van der Waals surface area contributed by atoms with Gasteiger partial charge in [-0.2, -0.15) is 0 Å². The van der Waals surface area contributed by atoms with Crippen molar-refractivity contribution >= 4 is 5.97 Å². The van der Waals surface area contributed by atoms with E-state index in [4.69, 9.17) is 4.74 Å². The zero-order valence-corrected chi connectivity index (χ0v) is 13.0. The van der Waals surface area contributed by atoms with E-state index in [1.807, 2.05) is 12.2 Å². The van der Waals surface area contributed by atoms with Gasteiger partial charge in [0, 0.05) is 6.92 Å². The number of unbranched alkanes of at least 4 members (excludes halogenated alkanes) is 8. The topological polar surface area (TPSA) is 26.3 Å². The zero-order valence-electron chi connectivity index (χ0n) is 13.0. The number of hydrogen-bond acceptors (Lipinski definition) is 2. The zero-order chi connectivity index (χ0) is 14.9. The Morgan fingerprint density at radius 2 is 1.50 bits per heavy atom. The van der Waals surface area contributed by atoms with Gasteiger partial charge in [-0.15, -0.1) is 0 Å².